The molecule has 4 atom stereocenters. The van der Waals surface area contributed by atoms with Gasteiger partial charge in [0.1, 0.15) is 30.2 Å². The summed E-state index contributed by atoms with van der Waals surface area (Å²) in [6, 6.07) is 4.20. The Hall–Kier alpha value is -4.03. The van der Waals surface area contributed by atoms with Crippen molar-refractivity contribution in [1.82, 2.24) is 20.6 Å². The smallest absolute Gasteiger partial charge is 0.360 e. The number of carbonyl (C=O) groups excluding carboxylic acids is 3. The first kappa shape index (κ1) is 30.4. The predicted octanol–water partition coefficient (Wildman–Crippen LogP) is 2.57. The van der Waals surface area contributed by atoms with Gasteiger partial charge in [-0.15, -0.1) is 0 Å². The van der Waals surface area contributed by atoms with E-state index in [1.807, 2.05) is 39.0 Å². The molecule has 2 aromatic heterocycles. The summed E-state index contributed by atoms with van der Waals surface area (Å²) in [7, 11) is 1.25. The number of nitrogens with one attached hydrogen (secondary N) is 2. The largest absolute Gasteiger partial charge is 0.464 e. The van der Waals surface area contributed by atoms with Crippen LogP contribution in [0.1, 0.15) is 85.9 Å². The van der Waals surface area contributed by atoms with E-state index in [4.69, 9.17) is 24.3 Å². The summed E-state index contributed by atoms with van der Waals surface area (Å²) in [6.45, 7) is 9.43. The molecule has 1 aliphatic heterocycles. The van der Waals surface area contributed by atoms with Crippen LogP contribution in [0.5, 0.6) is 0 Å². The monoisotopic (exact) mass is 593 g/mol. The maximum Gasteiger partial charge on any atom is 0.360 e. The van der Waals surface area contributed by atoms with Gasteiger partial charge in [-0.05, 0) is 40.9 Å². The van der Waals surface area contributed by atoms with Crippen molar-refractivity contribution in [3.8, 4) is 11.6 Å². The molecule has 3 heterocycles. The number of methoxy groups -OCH3 is 1. The van der Waals surface area contributed by atoms with Crippen LogP contribution in [0.3, 0.4) is 0 Å². The Morgan fingerprint density at radius 1 is 1.28 bits per heavy atom. The van der Waals surface area contributed by atoms with Crippen molar-refractivity contribution in [2.24, 2.45) is 17.1 Å². The molecule has 0 unspecified atom stereocenters. The van der Waals surface area contributed by atoms with Gasteiger partial charge in [0.2, 0.25) is 23.6 Å². The first-order valence-electron chi connectivity index (χ1n) is 14.5. The molecule has 12 heteroatoms. The van der Waals surface area contributed by atoms with Gasteiger partial charge in [-0.1, -0.05) is 52.8 Å². The number of benzene rings is 1. The number of aliphatic hydroxyl groups is 1. The summed E-state index contributed by atoms with van der Waals surface area (Å²) >= 11 is 0. The fourth-order valence-electron chi connectivity index (χ4n) is 5.84. The van der Waals surface area contributed by atoms with E-state index in [2.05, 4.69) is 15.6 Å². The van der Waals surface area contributed by atoms with Crippen LogP contribution >= 0.6 is 0 Å². The molecule has 12 nitrogen and oxygen atoms in total. The van der Waals surface area contributed by atoms with E-state index in [9.17, 15) is 19.5 Å². The van der Waals surface area contributed by atoms with Crippen molar-refractivity contribution in [2.75, 3.05) is 13.7 Å². The van der Waals surface area contributed by atoms with Crippen LogP contribution in [-0.2, 0) is 32.6 Å². The molecule has 3 aromatic rings. The van der Waals surface area contributed by atoms with Crippen LogP contribution in [0.2, 0.25) is 0 Å². The highest BCUT2D eigenvalue weighted by Crippen LogP contribution is 2.49. The number of aliphatic hydroxyl groups excluding tert-OH is 1. The van der Waals surface area contributed by atoms with Crippen LogP contribution in [0.4, 0.5) is 0 Å². The van der Waals surface area contributed by atoms with Crippen molar-refractivity contribution in [3.05, 3.63) is 58.5 Å². The van der Waals surface area contributed by atoms with E-state index < -0.39 is 46.8 Å². The molecule has 0 spiro atoms. The molecule has 0 saturated heterocycles. The highest BCUT2D eigenvalue weighted by molar-refractivity contribution is 5.90. The molecular formula is C31H39N5O7. The number of esters is 1. The molecule has 2 amide bonds. The summed E-state index contributed by atoms with van der Waals surface area (Å²) in [5, 5.41) is 16.2. The SMILES string of the molecule is COC(=O)c1coc(-c2nc3oc2[C@@]2(CN)CCc4ccc(cc42)C[C@H](NC(=O)[C@@H](O)C(C)C)C(=O)N[C@H]3C(C)(C)C)n1. The Bertz CT molecular complexity index is 1550. The molecule has 4 bridgehead atoms. The molecular weight excluding hydrogens is 554 g/mol. The molecule has 5 rings (SSSR count). The highest BCUT2D eigenvalue weighted by Gasteiger charge is 2.47. The van der Waals surface area contributed by atoms with Crippen molar-refractivity contribution in [3.63, 3.8) is 0 Å². The first-order valence-corrected chi connectivity index (χ1v) is 14.5. The van der Waals surface area contributed by atoms with Crippen LogP contribution in [-0.4, -0.2) is 58.7 Å². The second-order valence-corrected chi connectivity index (χ2v) is 12.8. The number of hydrogen-bond donors (Lipinski definition) is 4. The summed E-state index contributed by atoms with van der Waals surface area (Å²) in [4.78, 5) is 48.1. The van der Waals surface area contributed by atoms with Crippen molar-refractivity contribution < 1.29 is 33.1 Å². The number of amides is 2. The molecule has 0 fully saturated rings. The third-order valence-corrected chi connectivity index (χ3v) is 8.41. The quantitative estimate of drug-likeness (QED) is 0.310. The first-order chi connectivity index (χ1) is 20.3. The van der Waals surface area contributed by atoms with E-state index in [1.165, 1.54) is 13.4 Å². The average molecular weight is 594 g/mol. The van der Waals surface area contributed by atoms with E-state index >= 15 is 0 Å². The highest BCUT2D eigenvalue weighted by atomic mass is 16.5. The maximum absolute atomic E-state index is 13.9. The molecule has 2 aliphatic rings. The van der Waals surface area contributed by atoms with Gasteiger partial charge < -0.3 is 35.0 Å². The van der Waals surface area contributed by atoms with Crippen molar-refractivity contribution >= 4 is 17.8 Å². The zero-order valence-corrected chi connectivity index (χ0v) is 25.3. The van der Waals surface area contributed by atoms with Gasteiger partial charge >= 0.3 is 5.97 Å². The van der Waals surface area contributed by atoms with Crippen molar-refractivity contribution in [2.45, 2.75) is 77.5 Å². The number of fused-ring (bicyclic) bond motifs is 4. The van der Waals surface area contributed by atoms with Crippen LogP contribution in [0.25, 0.3) is 11.6 Å². The van der Waals surface area contributed by atoms with Crippen LogP contribution in [0.15, 0.2) is 33.3 Å². The number of aromatic nitrogens is 2. The molecule has 1 aliphatic carbocycles. The molecule has 0 saturated carbocycles. The summed E-state index contributed by atoms with van der Waals surface area (Å²) in [6.07, 6.45) is 1.47. The molecule has 5 N–H and O–H groups in total. The lowest BCUT2D eigenvalue weighted by molar-refractivity contribution is -0.136. The predicted molar refractivity (Wildman–Crippen MR) is 155 cm³/mol. The third-order valence-electron chi connectivity index (χ3n) is 8.41. The number of carbonyl (C=O) groups is 3. The normalized spacial score (nSPS) is 22.4. The van der Waals surface area contributed by atoms with Crippen LogP contribution in [0, 0.1) is 11.3 Å². The lowest BCUT2D eigenvalue weighted by Crippen LogP contribution is -2.53. The molecule has 1 aromatic carbocycles. The van der Waals surface area contributed by atoms with Gasteiger partial charge in [-0.25, -0.2) is 14.8 Å². The topological polar surface area (TPSA) is 183 Å². The van der Waals surface area contributed by atoms with Gasteiger partial charge in [-0.3, -0.25) is 9.59 Å². The second-order valence-electron chi connectivity index (χ2n) is 12.8. The second kappa shape index (κ2) is 11.2. The van der Waals surface area contributed by atoms with E-state index in [0.29, 0.717) is 12.2 Å². The van der Waals surface area contributed by atoms with Gasteiger partial charge in [0, 0.05) is 13.0 Å². The lowest BCUT2D eigenvalue weighted by Gasteiger charge is -2.32. The Kier molecular flexibility index (Phi) is 7.95. The van der Waals surface area contributed by atoms with Gasteiger partial charge in [0.05, 0.1) is 12.5 Å². The summed E-state index contributed by atoms with van der Waals surface area (Å²) < 4.78 is 17.1. The molecule has 230 valence electrons. The summed E-state index contributed by atoms with van der Waals surface area (Å²) in [5.74, 6) is -1.38. The maximum atomic E-state index is 13.9. The zero-order valence-electron chi connectivity index (χ0n) is 25.3. The minimum Gasteiger partial charge on any atom is -0.464 e. The number of nitrogens with zero attached hydrogens (tertiary/aromatic N) is 2. The Labute approximate surface area is 249 Å². The summed E-state index contributed by atoms with van der Waals surface area (Å²) in [5.41, 5.74) is 8.22. The van der Waals surface area contributed by atoms with E-state index in [0.717, 1.165) is 23.1 Å². The number of nitrogens with two attached hydrogens (primary N) is 1. The zero-order chi connectivity index (χ0) is 31.3. The number of oxazole rings is 2. The van der Waals surface area contributed by atoms with Crippen LogP contribution < -0.4 is 16.4 Å². The fourth-order valence-corrected chi connectivity index (χ4v) is 5.84. The number of hydrogen-bond acceptors (Lipinski definition) is 10. The number of ether oxygens (including phenoxy) is 1. The van der Waals surface area contributed by atoms with E-state index in [-0.39, 0.29) is 42.1 Å². The minimum absolute atomic E-state index is 0.0235. The Balaban J connectivity index is 1.71. The van der Waals surface area contributed by atoms with Gasteiger partial charge in [0.25, 0.3) is 0 Å². The Morgan fingerprint density at radius 3 is 2.67 bits per heavy atom. The third kappa shape index (κ3) is 5.45. The minimum atomic E-state index is -1.27. The fraction of sp³-hybridized carbons (Fsp3) is 0.516. The standard InChI is InChI=1S/C31H39N5O7/c1-15(2)22(37)26(39)33-19-12-16-7-8-17-9-10-31(14-32,18(17)11-16)24-21(27-34-20(13-42-27)29(40)41-6)35-28(43-24)23(30(3,4)5)36-25(19)38/h7-8,11,13,15,19,22-23,37H,9-10,12,14,32H2,1-6H3,(H,33,39)(H,36,38)/t19-,22-,23+,31+/m0/s1. The molecule has 0 radical (unpaired) electrons. The van der Waals surface area contributed by atoms with Gasteiger partial charge in [-0.2, -0.15) is 0 Å². The van der Waals surface area contributed by atoms with E-state index in [1.54, 1.807) is 13.8 Å². The molecule has 43 heavy (non-hydrogen) atoms. The number of rotatable bonds is 6. The average Bonchev–Trinajstić information content (AvgIpc) is 3.70. The van der Waals surface area contributed by atoms with Gasteiger partial charge in [0.15, 0.2) is 11.4 Å². The lowest BCUT2D eigenvalue weighted by atomic mass is 9.77. The van der Waals surface area contributed by atoms with Crippen molar-refractivity contribution in [1.29, 1.82) is 0 Å². The Morgan fingerprint density at radius 2 is 2.02 bits per heavy atom. The number of aryl methyl sites for hydroxylation is 1.